The van der Waals surface area contributed by atoms with Crippen LogP contribution in [-0.4, -0.2) is 38.6 Å². The Morgan fingerprint density at radius 1 is 1.03 bits per heavy atom. The minimum atomic E-state index is -3.60. The predicted octanol–water partition coefficient (Wildman–Crippen LogP) is 3.52. The second-order valence-corrected chi connectivity index (χ2v) is 10.4. The maximum absolute atomic E-state index is 13.0. The van der Waals surface area contributed by atoms with Crippen LogP contribution in [0.4, 0.5) is 11.4 Å². The fourth-order valence-corrected chi connectivity index (χ4v) is 5.89. The van der Waals surface area contributed by atoms with Crippen LogP contribution in [0.1, 0.15) is 44.2 Å². The number of rotatable bonds is 5. The zero-order valence-electron chi connectivity index (χ0n) is 18.0. The van der Waals surface area contributed by atoms with Gasteiger partial charge in [0.15, 0.2) is 9.84 Å². The first kappa shape index (κ1) is 21.6. The van der Waals surface area contributed by atoms with Gasteiger partial charge in [-0.25, -0.2) is 8.42 Å². The zero-order valence-corrected chi connectivity index (χ0v) is 18.8. The molecule has 0 saturated carbocycles. The number of fused-ring (bicyclic) bond motifs is 2. The first-order valence-corrected chi connectivity index (χ1v) is 12.5. The van der Waals surface area contributed by atoms with E-state index in [9.17, 15) is 18.0 Å². The van der Waals surface area contributed by atoms with Crippen molar-refractivity contribution >= 4 is 33.0 Å². The molecule has 0 saturated heterocycles. The van der Waals surface area contributed by atoms with Gasteiger partial charge in [0.25, 0.3) is 0 Å². The molecule has 7 heteroatoms. The molecule has 6 nitrogen and oxygen atoms in total. The van der Waals surface area contributed by atoms with E-state index in [-0.39, 0.29) is 34.9 Å². The smallest absolute Gasteiger partial charge is 0.228 e. The number of nitrogens with zero attached hydrogens (tertiary/aromatic N) is 2. The molecule has 0 radical (unpaired) electrons. The highest BCUT2D eigenvalue weighted by molar-refractivity contribution is 7.91. The lowest BCUT2D eigenvalue weighted by Crippen LogP contribution is -2.36. The van der Waals surface area contributed by atoms with Crippen molar-refractivity contribution in [1.82, 2.24) is 0 Å². The van der Waals surface area contributed by atoms with Crippen molar-refractivity contribution in [2.45, 2.75) is 56.9 Å². The largest absolute Gasteiger partial charge is 0.312 e. The number of carbonyl (C=O) groups is 2. The highest BCUT2D eigenvalue weighted by Gasteiger charge is 2.31. The zero-order chi connectivity index (χ0) is 22.2. The Morgan fingerprint density at radius 3 is 2.58 bits per heavy atom. The summed E-state index contributed by atoms with van der Waals surface area (Å²) in [6.07, 6.45) is 2.80. The van der Waals surface area contributed by atoms with Crippen molar-refractivity contribution in [2.75, 3.05) is 22.1 Å². The van der Waals surface area contributed by atoms with E-state index in [0.717, 1.165) is 35.3 Å². The standard InChI is InChI=1S/C24H28N2O4S/c1-3-23(27)26-17(2)15-19-16-20(10-11-22(19)26)31(29,30)14-12-24(28)25-13-6-8-18-7-4-5-9-21(18)25/h4-5,7,9-11,16-17H,3,6,8,12-15H2,1-2H3. The van der Waals surface area contributed by atoms with Gasteiger partial charge in [-0.15, -0.1) is 0 Å². The van der Waals surface area contributed by atoms with Gasteiger partial charge in [-0.05, 0) is 61.6 Å². The summed E-state index contributed by atoms with van der Waals surface area (Å²) in [5.41, 5.74) is 3.68. The molecular weight excluding hydrogens is 412 g/mol. The average molecular weight is 441 g/mol. The Hall–Kier alpha value is -2.67. The van der Waals surface area contributed by atoms with Crippen LogP contribution in [0.3, 0.4) is 0 Å². The van der Waals surface area contributed by atoms with Crippen molar-refractivity contribution in [3.05, 3.63) is 53.6 Å². The van der Waals surface area contributed by atoms with Gasteiger partial charge in [-0.1, -0.05) is 25.1 Å². The van der Waals surface area contributed by atoms with Crippen LogP contribution in [0.5, 0.6) is 0 Å². The molecule has 0 spiro atoms. The second-order valence-electron chi connectivity index (χ2n) is 8.31. The predicted molar refractivity (Wildman–Crippen MR) is 121 cm³/mol. The first-order valence-electron chi connectivity index (χ1n) is 10.9. The third kappa shape index (κ3) is 4.11. The Labute approximate surface area is 183 Å². The summed E-state index contributed by atoms with van der Waals surface area (Å²) in [5, 5.41) is 0. The molecule has 164 valence electrons. The Morgan fingerprint density at radius 2 is 1.81 bits per heavy atom. The maximum Gasteiger partial charge on any atom is 0.228 e. The van der Waals surface area contributed by atoms with Crippen molar-refractivity contribution in [2.24, 2.45) is 0 Å². The molecule has 31 heavy (non-hydrogen) atoms. The van der Waals surface area contributed by atoms with Crippen molar-refractivity contribution in [3.8, 4) is 0 Å². The topological polar surface area (TPSA) is 74.8 Å². The number of hydrogen-bond donors (Lipinski definition) is 0. The lowest BCUT2D eigenvalue weighted by molar-refractivity contribution is -0.119. The van der Waals surface area contributed by atoms with Gasteiger partial charge in [0.05, 0.1) is 10.6 Å². The van der Waals surface area contributed by atoms with Crippen LogP contribution in [0.15, 0.2) is 47.4 Å². The summed E-state index contributed by atoms with van der Waals surface area (Å²) in [4.78, 5) is 28.8. The average Bonchev–Trinajstić information content (AvgIpc) is 3.11. The fraction of sp³-hybridized carbons (Fsp3) is 0.417. The van der Waals surface area contributed by atoms with E-state index < -0.39 is 9.84 Å². The van der Waals surface area contributed by atoms with Gasteiger partial charge in [0.2, 0.25) is 11.8 Å². The van der Waals surface area contributed by atoms with Crippen molar-refractivity contribution in [3.63, 3.8) is 0 Å². The van der Waals surface area contributed by atoms with E-state index >= 15 is 0 Å². The second kappa shape index (κ2) is 8.46. The summed E-state index contributed by atoms with van der Waals surface area (Å²) in [6.45, 7) is 4.41. The van der Waals surface area contributed by atoms with Crippen LogP contribution in [0.25, 0.3) is 0 Å². The third-order valence-electron chi connectivity index (χ3n) is 6.19. The Balaban J connectivity index is 1.49. The molecule has 2 aliphatic heterocycles. The molecule has 0 N–H and O–H groups in total. The number of anilines is 2. The lowest BCUT2D eigenvalue weighted by Gasteiger charge is -2.29. The van der Waals surface area contributed by atoms with Crippen molar-refractivity contribution < 1.29 is 18.0 Å². The maximum atomic E-state index is 13.0. The van der Waals surface area contributed by atoms with Crippen molar-refractivity contribution in [1.29, 1.82) is 0 Å². The molecule has 0 fully saturated rings. The molecule has 2 amide bonds. The fourth-order valence-electron chi connectivity index (χ4n) is 4.62. The van der Waals surface area contributed by atoms with E-state index in [2.05, 4.69) is 0 Å². The van der Waals surface area contributed by atoms with Crippen LogP contribution < -0.4 is 9.80 Å². The monoisotopic (exact) mass is 440 g/mol. The van der Waals surface area contributed by atoms with Crippen LogP contribution >= 0.6 is 0 Å². The molecule has 0 aliphatic carbocycles. The Bertz CT molecular complexity index is 1130. The molecule has 2 aromatic carbocycles. The third-order valence-corrected chi connectivity index (χ3v) is 7.91. The number of aryl methyl sites for hydroxylation is 1. The molecule has 4 rings (SSSR count). The normalized spacial score (nSPS) is 17.9. The summed E-state index contributed by atoms with van der Waals surface area (Å²) < 4.78 is 25.9. The van der Waals surface area contributed by atoms with E-state index in [1.807, 2.05) is 38.1 Å². The number of para-hydroxylation sites is 1. The van der Waals surface area contributed by atoms with Gasteiger partial charge in [-0.2, -0.15) is 0 Å². The molecule has 1 atom stereocenters. The Kier molecular flexibility index (Phi) is 5.88. The number of hydrogen-bond acceptors (Lipinski definition) is 4. The van der Waals surface area contributed by atoms with E-state index in [1.54, 1.807) is 28.0 Å². The molecule has 1 unspecified atom stereocenters. The van der Waals surface area contributed by atoms with Crippen LogP contribution in [0.2, 0.25) is 0 Å². The highest BCUT2D eigenvalue weighted by atomic mass is 32.2. The number of carbonyl (C=O) groups excluding carboxylic acids is 2. The highest BCUT2D eigenvalue weighted by Crippen LogP contribution is 2.35. The molecule has 0 aromatic heterocycles. The molecule has 2 aliphatic rings. The van der Waals surface area contributed by atoms with E-state index in [4.69, 9.17) is 0 Å². The minimum Gasteiger partial charge on any atom is -0.312 e. The number of benzene rings is 2. The van der Waals surface area contributed by atoms with Gasteiger partial charge >= 0.3 is 0 Å². The van der Waals surface area contributed by atoms with Crippen LogP contribution in [-0.2, 0) is 32.3 Å². The van der Waals surface area contributed by atoms with Gasteiger partial charge < -0.3 is 9.80 Å². The SMILES string of the molecule is CCC(=O)N1c2ccc(S(=O)(=O)CCC(=O)N3CCCc4ccccc43)cc2CC1C. The molecular formula is C24H28N2O4S. The van der Waals surface area contributed by atoms with E-state index in [1.165, 1.54) is 0 Å². The van der Waals surface area contributed by atoms with Gasteiger partial charge in [0, 0.05) is 36.8 Å². The quantitative estimate of drug-likeness (QED) is 0.713. The summed E-state index contributed by atoms with van der Waals surface area (Å²) in [7, 11) is -3.60. The minimum absolute atomic E-state index is 0.0150. The summed E-state index contributed by atoms with van der Waals surface area (Å²) >= 11 is 0. The summed E-state index contributed by atoms with van der Waals surface area (Å²) in [6, 6.07) is 12.8. The first-order chi connectivity index (χ1) is 14.8. The van der Waals surface area contributed by atoms with Crippen LogP contribution in [0, 0.1) is 0 Å². The van der Waals surface area contributed by atoms with Gasteiger partial charge in [0.1, 0.15) is 0 Å². The summed E-state index contributed by atoms with van der Waals surface area (Å²) in [5.74, 6) is -0.351. The molecule has 2 aromatic rings. The number of amides is 2. The van der Waals surface area contributed by atoms with E-state index in [0.29, 0.717) is 19.4 Å². The molecule has 2 heterocycles. The van der Waals surface area contributed by atoms with Gasteiger partial charge in [-0.3, -0.25) is 9.59 Å². The molecule has 0 bridgehead atoms. The lowest BCUT2D eigenvalue weighted by atomic mass is 10.0. The number of sulfone groups is 1.